The third-order valence-electron chi connectivity index (χ3n) is 6.06. The molecule has 2 aromatic carbocycles. The Morgan fingerprint density at radius 2 is 1.61 bits per heavy atom. The molecule has 0 saturated carbocycles. The molecule has 198 valence electrons. The number of amides is 1. The van der Waals surface area contributed by atoms with Crippen LogP contribution in [0.4, 0.5) is 4.79 Å². The number of carbonyl (C=O) groups excluding carboxylic acids is 2. The summed E-state index contributed by atoms with van der Waals surface area (Å²) in [6.07, 6.45) is 6.10. The number of hydrogen-bond acceptors (Lipinski definition) is 8. The number of rotatable bonds is 14. The highest BCUT2D eigenvalue weighted by Crippen LogP contribution is 2.22. The summed E-state index contributed by atoms with van der Waals surface area (Å²) < 4.78 is 10.9. The maximum absolute atomic E-state index is 12.7. The summed E-state index contributed by atoms with van der Waals surface area (Å²) in [6.45, 7) is 0.383. The van der Waals surface area contributed by atoms with Gasteiger partial charge in [0.25, 0.3) is 0 Å². The molecule has 4 aromatic rings. The fraction of sp³-hybridized carbons (Fsp3) is 0.310. The summed E-state index contributed by atoms with van der Waals surface area (Å²) >= 11 is 2.91. The van der Waals surface area contributed by atoms with Gasteiger partial charge in [-0.3, -0.25) is 9.78 Å². The topological polar surface area (TPSA) is 90.4 Å². The summed E-state index contributed by atoms with van der Waals surface area (Å²) in [4.78, 5) is 34.4. The van der Waals surface area contributed by atoms with Gasteiger partial charge in [-0.1, -0.05) is 60.7 Å². The van der Waals surface area contributed by atoms with Crippen molar-refractivity contribution in [3.8, 4) is 0 Å². The summed E-state index contributed by atoms with van der Waals surface area (Å²) in [5, 5.41) is 5.64. The second kappa shape index (κ2) is 15.0. The van der Waals surface area contributed by atoms with Crippen molar-refractivity contribution in [3.63, 3.8) is 0 Å². The van der Waals surface area contributed by atoms with E-state index in [0.29, 0.717) is 19.3 Å². The first-order valence-corrected chi connectivity index (χ1v) is 14.3. The van der Waals surface area contributed by atoms with E-state index < -0.39 is 6.09 Å². The van der Waals surface area contributed by atoms with Crippen molar-refractivity contribution >= 4 is 34.7 Å². The average molecular weight is 550 g/mol. The molecular formula is C29H31N3O4S2. The van der Waals surface area contributed by atoms with Gasteiger partial charge in [0.2, 0.25) is 0 Å². The minimum atomic E-state index is -0.468. The predicted octanol–water partition coefficient (Wildman–Crippen LogP) is 6.21. The monoisotopic (exact) mass is 549 g/mol. The summed E-state index contributed by atoms with van der Waals surface area (Å²) in [6, 6.07) is 20.1. The van der Waals surface area contributed by atoms with Crippen LogP contribution in [0.3, 0.4) is 0 Å². The lowest BCUT2D eigenvalue weighted by atomic mass is 9.89. The Morgan fingerprint density at radius 3 is 2.26 bits per heavy atom. The zero-order valence-corrected chi connectivity index (χ0v) is 22.7. The Kier molecular flexibility index (Phi) is 10.8. The first-order valence-electron chi connectivity index (χ1n) is 12.6. The van der Waals surface area contributed by atoms with Crippen LogP contribution < -0.4 is 5.32 Å². The number of alkyl carbamates (subject to hydrolysis) is 1. The molecule has 0 radical (unpaired) electrons. The fourth-order valence-electron chi connectivity index (χ4n) is 4.20. The minimum Gasteiger partial charge on any atom is -0.460 e. The van der Waals surface area contributed by atoms with Gasteiger partial charge in [-0.15, -0.1) is 22.7 Å². The van der Waals surface area contributed by atoms with Crippen molar-refractivity contribution < 1.29 is 19.1 Å². The van der Waals surface area contributed by atoms with Crippen LogP contribution in [0.1, 0.15) is 40.3 Å². The van der Waals surface area contributed by atoms with Crippen LogP contribution in [0.25, 0.3) is 0 Å². The molecule has 0 bridgehead atoms. The van der Waals surface area contributed by atoms with Gasteiger partial charge in [-0.25, -0.2) is 9.78 Å². The lowest BCUT2D eigenvalue weighted by molar-refractivity contribution is -0.146. The number of thiazole rings is 2. The van der Waals surface area contributed by atoms with Gasteiger partial charge in [0.05, 0.1) is 10.4 Å². The van der Waals surface area contributed by atoms with E-state index in [-0.39, 0.29) is 31.1 Å². The molecule has 2 aromatic heterocycles. The minimum absolute atomic E-state index is 0.0674. The number of carbonyl (C=O) groups is 2. The van der Waals surface area contributed by atoms with Crippen LogP contribution in [-0.4, -0.2) is 28.1 Å². The molecule has 4 rings (SSSR count). The van der Waals surface area contributed by atoms with Crippen LogP contribution in [0, 0.1) is 5.92 Å². The molecule has 0 aliphatic heterocycles. The molecule has 0 aliphatic rings. The summed E-state index contributed by atoms with van der Waals surface area (Å²) in [7, 11) is 0. The molecule has 2 atom stereocenters. The standard InChI is InChI=1S/C29H31N3O4S2/c33-28(35-19-26-18-30-21-38-26)17-24(15-22-7-3-1-4-8-22)11-12-25(16-23-9-5-2-6-10-23)32-29(34)36-20-27-31-13-14-37-27/h1-10,13-14,18,21,24-25H,11-12,15-17,19-20H2,(H,32,34)/t24-,25-/m1/s1. The highest BCUT2D eigenvalue weighted by Gasteiger charge is 2.21. The number of nitrogens with one attached hydrogen (secondary N) is 1. The molecule has 1 amide bonds. The van der Waals surface area contributed by atoms with Gasteiger partial charge in [-0.05, 0) is 42.7 Å². The van der Waals surface area contributed by atoms with Gasteiger partial charge < -0.3 is 14.8 Å². The Morgan fingerprint density at radius 1 is 0.868 bits per heavy atom. The first-order chi connectivity index (χ1) is 18.6. The van der Waals surface area contributed by atoms with Crippen LogP contribution in [0.2, 0.25) is 0 Å². The van der Waals surface area contributed by atoms with Crippen LogP contribution in [-0.2, 0) is 40.3 Å². The van der Waals surface area contributed by atoms with Gasteiger partial charge in [0.15, 0.2) is 0 Å². The molecule has 0 aliphatic carbocycles. The molecule has 0 spiro atoms. The Bertz CT molecular complexity index is 1120. The van der Waals surface area contributed by atoms with Gasteiger partial charge in [0, 0.05) is 30.2 Å². The SMILES string of the molecule is O=C(C[C@H](CC[C@H](Cc1ccccc1)NC(=O)OCc1nccs1)Cc1ccccc1)OCc1cncs1. The Labute approximate surface area is 230 Å². The number of nitrogens with zero attached hydrogens (tertiary/aromatic N) is 2. The van der Waals surface area contributed by atoms with Gasteiger partial charge in [-0.2, -0.15) is 0 Å². The van der Waals surface area contributed by atoms with Gasteiger partial charge >= 0.3 is 12.1 Å². The molecule has 7 nitrogen and oxygen atoms in total. The molecule has 9 heteroatoms. The van der Waals surface area contributed by atoms with Gasteiger partial charge in [0.1, 0.15) is 18.2 Å². The number of esters is 1. The highest BCUT2D eigenvalue weighted by molar-refractivity contribution is 7.09. The van der Waals surface area contributed by atoms with E-state index >= 15 is 0 Å². The average Bonchev–Trinajstić information content (AvgIpc) is 3.65. The maximum atomic E-state index is 12.7. The molecular weight excluding hydrogens is 518 g/mol. The zero-order chi connectivity index (χ0) is 26.4. The lowest BCUT2D eigenvalue weighted by Gasteiger charge is -2.22. The smallest absolute Gasteiger partial charge is 0.407 e. The Hall–Kier alpha value is -3.56. The van der Waals surface area contributed by atoms with E-state index in [1.54, 1.807) is 17.9 Å². The summed E-state index contributed by atoms with van der Waals surface area (Å²) in [5.74, 6) is -0.160. The fourth-order valence-corrected chi connectivity index (χ4v) is 5.24. The van der Waals surface area contributed by atoms with Crippen molar-refractivity contribution in [3.05, 3.63) is 105 Å². The molecule has 0 unspecified atom stereocenters. The van der Waals surface area contributed by atoms with Crippen LogP contribution in [0.5, 0.6) is 0 Å². The third kappa shape index (κ3) is 9.72. The van der Waals surface area contributed by atoms with E-state index in [1.807, 2.05) is 53.9 Å². The normalized spacial score (nSPS) is 12.4. The first kappa shape index (κ1) is 27.5. The lowest BCUT2D eigenvalue weighted by Crippen LogP contribution is -2.37. The van der Waals surface area contributed by atoms with Crippen LogP contribution >= 0.6 is 22.7 Å². The van der Waals surface area contributed by atoms with Crippen molar-refractivity contribution in [2.75, 3.05) is 0 Å². The quantitative estimate of drug-likeness (QED) is 0.188. The van der Waals surface area contributed by atoms with E-state index in [4.69, 9.17) is 9.47 Å². The van der Waals surface area contributed by atoms with E-state index in [9.17, 15) is 9.59 Å². The molecule has 38 heavy (non-hydrogen) atoms. The molecule has 0 fully saturated rings. The number of aromatic nitrogens is 2. The second-order valence-corrected chi connectivity index (χ2v) is 10.9. The number of ether oxygens (including phenoxy) is 2. The van der Waals surface area contributed by atoms with E-state index in [1.165, 1.54) is 28.2 Å². The second-order valence-electron chi connectivity index (χ2n) is 9.00. The number of benzene rings is 2. The molecule has 1 N–H and O–H groups in total. The van der Waals surface area contributed by atoms with Crippen molar-refractivity contribution in [2.24, 2.45) is 5.92 Å². The maximum Gasteiger partial charge on any atom is 0.407 e. The van der Waals surface area contributed by atoms with E-state index in [2.05, 4.69) is 27.4 Å². The Balaban J connectivity index is 1.38. The molecule has 0 saturated heterocycles. The van der Waals surface area contributed by atoms with Crippen molar-refractivity contribution in [2.45, 2.75) is 51.4 Å². The highest BCUT2D eigenvalue weighted by atomic mass is 32.1. The van der Waals surface area contributed by atoms with Crippen molar-refractivity contribution in [1.29, 1.82) is 0 Å². The number of hydrogen-bond donors (Lipinski definition) is 1. The zero-order valence-electron chi connectivity index (χ0n) is 21.0. The predicted molar refractivity (Wildman–Crippen MR) is 149 cm³/mol. The largest absolute Gasteiger partial charge is 0.460 e. The van der Waals surface area contributed by atoms with Crippen LogP contribution in [0.15, 0.2) is 83.9 Å². The van der Waals surface area contributed by atoms with E-state index in [0.717, 1.165) is 28.3 Å². The van der Waals surface area contributed by atoms with Crippen molar-refractivity contribution in [1.82, 2.24) is 15.3 Å². The third-order valence-corrected chi connectivity index (χ3v) is 7.57. The molecule has 2 heterocycles. The summed E-state index contributed by atoms with van der Waals surface area (Å²) in [5.41, 5.74) is 4.02.